The minimum Gasteiger partial charge on any atom is -0.508 e. The van der Waals surface area contributed by atoms with E-state index in [2.05, 4.69) is 27.4 Å². The Morgan fingerprint density at radius 2 is 1.95 bits per heavy atom. The largest absolute Gasteiger partial charge is 0.508 e. The van der Waals surface area contributed by atoms with E-state index in [-0.39, 0.29) is 11.7 Å². The van der Waals surface area contributed by atoms with E-state index in [0.29, 0.717) is 6.42 Å². The van der Waals surface area contributed by atoms with Crippen molar-refractivity contribution in [3.8, 4) is 5.75 Å². The molecule has 21 heavy (non-hydrogen) atoms. The maximum atomic E-state index is 11.7. The number of hydrogen-bond acceptors (Lipinski definition) is 5. The fourth-order valence-corrected chi connectivity index (χ4v) is 2.13. The van der Waals surface area contributed by atoms with Gasteiger partial charge in [-0.25, -0.2) is 5.43 Å². The summed E-state index contributed by atoms with van der Waals surface area (Å²) in [5, 5.41) is 13.1. The number of phenolic OH excluding ortho intramolecular Hbond substituents is 1. The first-order valence-corrected chi connectivity index (χ1v) is 7.15. The van der Waals surface area contributed by atoms with Crippen LogP contribution in [0, 0.1) is 0 Å². The third-order valence-electron chi connectivity index (χ3n) is 3.55. The van der Waals surface area contributed by atoms with Crippen LogP contribution in [0.4, 0.5) is 0 Å². The summed E-state index contributed by atoms with van der Waals surface area (Å²) in [7, 11) is 2.11. The molecule has 2 rings (SSSR count). The van der Waals surface area contributed by atoms with Gasteiger partial charge in [0.25, 0.3) is 0 Å². The third-order valence-corrected chi connectivity index (χ3v) is 3.55. The summed E-state index contributed by atoms with van der Waals surface area (Å²) in [6.45, 7) is 4.91. The van der Waals surface area contributed by atoms with Crippen molar-refractivity contribution in [1.82, 2.24) is 15.2 Å². The molecular weight excluding hydrogens is 268 g/mol. The number of hydrazone groups is 1. The molecule has 6 nitrogen and oxygen atoms in total. The van der Waals surface area contributed by atoms with Crippen molar-refractivity contribution in [2.75, 3.05) is 39.8 Å². The average Bonchev–Trinajstić information content (AvgIpc) is 2.49. The van der Waals surface area contributed by atoms with Crippen LogP contribution >= 0.6 is 0 Å². The zero-order valence-electron chi connectivity index (χ0n) is 12.3. The standard InChI is InChI=1S/C15H22N4O2/c1-18-8-10-19(11-9-18)7-6-15(21)17-16-12-13-2-4-14(20)5-3-13/h2-5,12,20H,6-11H2,1H3,(H,17,21)/b16-12+. The van der Waals surface area contributed by atoms with Crippen LogP contribution in [0.15, 0.2) is 29.4 Å². The van der Waals surface area contributed by atoms with Crippen molar-refractivity contribution in [3.63, 3.8) is 0 Å². The molecular formula is C15H22N4O2. The number of nitrogens with zero attached hydrogens (tertiary/aromatic N) is 3. The lowest BCUT2D eigenvalue weighted by atomic mass is 10.2. The summed E-state index contributed by atoms with van der Waals surface area (Å²) < 4.78 is 0. The van der Waals surface area contributed by atoms with E-state index in [1.54, 1.807) is 30.5 Å². The van der Waals surface area contributed by atoms with Crippen LogP contribution in [0.25, 0.3) is 0 Å². The first-order valence-electron chi connectivity index (χ1n) is 7.15. The highest BCUT2D eigenvalue weighted by Gasteiger charge is 2.14. The second-order valence-corrected chi connectivity index (χ2v) is 5.28. The summed E-state index contributed by atoms with van der Waals surface area (Å²) in [5.74, 6) is 0.132. The lowest BCUT2D eigenvalue weighted by molar-refractivity contribution is -0.121. The Morgan fingerprint density at radius 1 is 1.29 bits per heavy atom. The van der Waals surface area contributed by atoms with Gasteiger partial charge in [-0.2, -0.15) is 5.10 Å². The molecule has 0 aliphatic carbocycles. The Morgan fingerprint density at radius 3 is 2.62 bits per heavy atom. The number of carbonyl (C=O) groups is 1. The molecule has 0 bridgehead atoms. The molecule has 0 spiro atoms. The van der Waals surface area contributed by atoms with E-state index in [4.69, 9.17) is 5.11 Å². The molecule has 0 saturated carbocycles. The fourth-order valence-electron chi connectivity index (χ4n) is 2.13. The molecule has 1 heterocycles. The number of likely N-dealkylation sites (N-methyl/N-ethyl adjacent to an activating group) is 1. The number of phenols is 1. The first kappa shape index (κ1) is 15.5. The van der Waals surface area contributed by atoms with Gasteiger partial charge in [0.15, 0.2) is 0 Å². The second kappa shape index (κ2) is 7.75. The molecule has 2 N–H and O–H groups in total. The Kier molecular flexibility index (Phi) is 5.71. The van der Waals surface area contributed by atoms with Crippen LogP contribution in [-0.4, -0.2) is 66.8 Å². The van der Waals surface area contributed by atoms with Gasteiger partial charge in [0.2, 0.25) is 5.91 Å². The summed E-state index contributed by atoms with van der Waals surface area (Å²) >= 11 is 0. The van der Waals surface area contributed by atoms with Crippen molar-refractivity contribution < 1.29 is 9.90 Å². The van der Waals surface area contributed by atoms with E-state index in [0.717, 1.165) is 38.3 Å². The van der Waals surface area contributed by atoms with Crippen molar-refractivity contribution in [1.29, 1.82) is 0 Å². The number of carbonyl (C=O) groups excluding carboxylic acids is 1. The highest BCUT2D eigenvalue weighted by Crippen LogP contribution is 2.07. The van der Waals surface area contributed by atoms with E-state index in [9.17, 15) is 4.79 Å². The monoisotopic (exact) mass is 290 g/mol. The summed E-state index contributed by atoms with van der Waals surface area (Å²) in [6, 6.07) is 6.62. The maximum Gasteiger partial charge on any atom is 0.241 e. The predicted molar refractivity (Wildman–Crippen MR) is 82.4 cm³/mol. The van der Waals surface area contributed by atoms with Gasteiger partial charge in [0.05, 0.1) is 6.21 Å². The molecule has 1 aliphatic rings. The van der Waals surface area contributed by atoms with Crippen LogP contribution in [0.1, 0.15) is 12.0 Å². The van der Waals surface area contributed by atoms with E-state index in [1.807, 2.05) is 0 Å². The number of hydrogen-bond donors (Lipinski definition) is 2. The minimum absolute atomic E-state index is 0.0797. The first-order chi connectivity index (χ1) is 10.1. The van der Waals surface area contributed by atoms with Gasteiger partial charge in [0, 0.05) is 39.1 Å². The molecule has 0 unspecified atom stereocenters. The Labute approximate surface area is 125 Å². The van der Waals surface area contributed by atoms with Gasteiger partial charge in [-0.1, -0.05) is 0 Å². The number of aromatic hydroxyl groups is 1. The van der Waals surface area contributed by atoms with Crippen LogP contribution in [0.3, 0.4) is 0 Å². The van der Waals surface area contributed by atoms with Gasteiger partial charge in [-0.3, -0.25) is 4.79 Å². The maximum absolute atomic E-state index is 11.7. The lowest BCUT2D eigenvalue weighted by Crippen LogP contribution is -2.45. The Hall–Kier alpha value is -1.92. The molecule has 1 fully saturated rings. The third kappa shape index (κ3) is 5.53. The van der Waals surface area contributed by atoms with Gasteiger partial charge < -0.3 is 14.9 Å². The smallest absolute Gasteiger partial charge is 0.241 e. The summed E-state index contributed by atoms with van der Waals surface area (Å²) in [4.78, 5) is 16.3. The highest BCUT2D eigenvalue weighted by atomic mass is 16.3. The SMILES string of the molecule is CN1CCN(CCC(=O)N/N=C/c2ccc(O)cc2)CC1. The van der Waals surface area contributed by atoms with Crippen molar-refractivity contribution in [2.45, 2.75) is 6.42 Å². The lowest BCUT2D eigenvalue weighted by Gasteiger charge is -2.32. The Balaban J connectivity index is 1.66. The number of nitrogens with one attached hydrogen (secondary N) is 1. The molecule has 1 amide bonds. The van der Waals surface area contributed by atoms with Gasteiger partial charge in [0.1, 0.15) is 5.75 Å². The van der Waals surface area contributed by atoms with Gasteiger partial charge in [-0.15, -0.1) is 0 Å². The van der Waals surface area contributed by atoms with E-state index in [1.165, 1.54) is 0 Å². The number of benzene rings is 1. The number of piperazine rings is 1. The molecule has 0 aromatic heterocycles. The zero-order chi connectivity index (χ0) is 15.1. The molecule has 6 heteroatoms. The van der Waals surface area contributed by atoms with Crippen LogP contribution in [0.5, 0.6) is 5.75 Å². The second-order valence-electron chi connectivity index (χ2n) is 5.28. The minimum atomic E-state index is -0.0797. The van der Waals surface area contributed by atoms with Crippen molar-refractivity contribution in [3.05, 3.63) is 29.8 Å². The quantitative estimate of drug-likeness (QED) is 0.611. The van der Waals surface area contributed by atoms with Crippen molar-refractivity contribution >= 4 is 12.1 Å². The molecule has 1 saturated heterocycles. The molecule has 0 atom stereocenters. The van der Waals surface area contributed by atoms with E-state index < -0.39 is 0 Å². The Bertz CT molecular complexity index is 479. The highest BCUT2D eigenvalue weighted by molar-refractivity contribution is 5.82. The van der Waals surface area contributed by atoms with Crippen LogP contribution < -0.4 is 5.43 Å². The molecule has 1 aromatic carbocycles. The molecule has 1 aliphatic heterocycles. The van der Waals surface area contributed by atoms with Crippen LogP contribution in [0.2, 0.25) is 0 Å². The van der Waals surface area contributed by atoms with Crippen molar-refractivity contribution in [2.24, 2.45) is 5.10 Å². The fraction of sp³-hybridized carbons (Fsp3) is 0.467. The summed E-state index contributed by atoms with van der Waals surface area (Å²) in [6.07, 6.45) is 2.02. The number of amides is 1. The zero-order valence-corrected chi connectivity index (χ0v) is 12.3. The molecule has 1 aromatic rings. The molecule has 114 valence electrons. The summed E-state index contributed by atoms with van der Waals surface area (Å²) in [5.41, 5.74) is 3.35. The topological polar surface area (TPSA) is 68.2 Å². The predicted octanol–water partition coefficient (Wildman–Crippen LogP) is 0.480. The molecule has 0 radical (unpaired) electrons. The normalized spacial score (nSPS) is 17.2. The average molecular weight is 290 g/mol. The number of rotatable bonds is 5. The van der Waals surface area contributed by atoms with Gasteiger partial charge >= 0.3 is 0 Å². The van der Waals surface area contributed by atoms with Gasteiger partial charge in [-0.05, 0) is 36.9 Å². The van der Waals surface area contributed by atoms with Crippen LogP contribution in [-0.2, 0) is 4.79 Å². The van der Waals surface area contributed by atoms with E-state index >= 15 is 0 Å².